The largest absolute Gasteiger partial charge is 0.390 e. The Morgan fingerprint density at radius 3 is 3.00 bits per heavy atom. The number of hydrogen-bond acceptors (Lipinski definition) is 4. The summed E-state index contributed by atoms with van der Waals surface area (Å²) < 4.78 is 0. The Hall–Kier alpha value is -1.68. The second-order valence-electron chi connectivity index (χ2n) is 3.05. The first-order valence-electron chi connectivity index (χ1n) is 4.34. The number of fused-ring (bicyclic) bond motifs is 1. The van der Waals surface area contributed by atoms with Crippen molar-refractivity contribution in [3.8, 4) is 0 Å². The van der Waals surface area contributed by atoms with Crippen LogP contribution < -0.4 is 5.43 Å². The highest BCUT2D eigenvalue weighted by Gasteiger charge is 2.20. The molecule has 0 bridgehead atoms. The standard InChI is InChI=1S/C10H10N2O2/c13-5-9-7-3-1-2-4-8(7)10(6-14)12-11-9/h1-5,9,11,14H,6H2. The molecule has 1 heterocycles. The molecule has 4 nitrogen and oxygen atoms in total. The van der Waals surface area contributed by atoms with Gasteiger partial charge in [-0.2, -0.15) is 5.10 Å². The van der Waals surface area contributed by atoms with Crippen molar-refractivity contribution in [2.75, 3.05) is 6.61 Å². The van der Waals surface area contributed by atoms with Crippen LogP contribution in [0.3, 0.4) is 0 Å². The lowest BCUT2D eigenvalue weighted by Crippen LogP contribution is -2.28. The maximum atomic E-state index is 10.7. The van der Waals surface area contributed by atoms with Gasteiger partial charge >= 0.3 is 0 Å². The molecule has 0 spiro atoms. The Bertz CT molecular complexity index is 387. The molecule has 14 heavy (non-hydrogen) atoms. The van der Waals surface area contributed by atoms with Crippen LogP contribution in [-0.4, -0.2) is 23.7 Å². The number of hydrazone groups is 1. The summed E-state index contributed by atoms with van der Waals surface area (Å²) in [5.74, 6) is 0. The number of nitrogens with zero attached hydrogens (tertiary/aromatic N) is 1. The summed E-state index contributed by atoms with van der Waals surface area (Å²) in [6, 6.07) is 7.02. The lowest BCUT2D eigenvalue weighted by Gasteiger charge is -2.21. The molecule has 4 heteroatoms. The van der Waals surface area contributed by atoms with E-state index in [0.29, 0.717) is 5.71 Å². The summed E-state index contributed by atoms with van der Waals surface area (Å²) >= 11 is 0. The van der Waals surface area contributed by atoms with E-state index >= 15 is 0 Å². The number of benzene rings is 1. The van der Waals surface area contributed by atoms with Crippen LogP contribution in [0.2, 0.25) is 0 Å². The predicted molar refractivity (Wildman–Crippen MR) is 52.0 cm³/mol. The molecule has 1 aromatic rings. The van der Waals surface area contributed by atoms with Gasteiger partial charge in [-0.25, -0.2) is 0 Å². The molecule has 0 fully saturated rings. The molecule has 72 valence electrons. The summed E-state index contributed by atoms with van der Waals surface area (Å²) in [7, 11) is 0. The molecule has 1 aliphatic rings. The smallest absolute Gasteiger partial charge is 0.148 e. The third-order valence-electron chi connectivity index (χ3n) is 2.23. The summed E-state index contributed by atoms with van der Waals surface area (Å²) in [5.41, 5.74) is 4.96. The van der Waals surface area contributed by atoms with Gasteiger partial charge < -0.3 is 9.90 Å². The zero-order valence-corrected chi connectivity index (χ0v) is 7.47. The third kappa shape index (κ3) is 1.29. The molecule has 1 unspecified atom stereocenters. The lowest BCUT2D eigenvalue weighted by atomic mass is 9.97. The topological polar surface area (TPSA) is 61.7 Å². The Labute approximate surface area is 81.3 Å². The van der Waals surface area contributed by atoms with Gasteiger partial charge in [0.05, 0.1) is 12.3 Å². The summed E-state index contributed by atoms with van der Waals surface area (Å²) in [6.45, 7) is -0.129. The van der Waals surface area contributed by atoms with Crippen LogP contribution in [0, 0.1) is 0 Å². The number of aliphatic hydroxyl groups is 1. The number of hydrogen-bond donors (Lipinski definition) is 2. The van der Waals surface area contributed by atoms with Crippen molar-refractivity contribution in [1.29, 1.82) is 0 Å². The Balaban J connectivity index is 2.52. The van der Waals surface area contributed by atoms with E-state index in [4.69, 9.17) is 5.11 Å². The van der Waals surface area contributed by atoms with E-state index in [1.54, 1.807) is 0 Å². The molecule has 0 aromatic heterocycles. The lowest BCUT2D eigenvalue weighted by molar-refractivity contribution is -0.109. The third-order valence-corrected chi connectivity index (χ3v) is 2.23. The number of aldehydes is 1. The predicted octanol–water partition coefficient (Wildman–Crippen LogP) is 0.226. The van der Waals surface area contributed by atoms with E-state index in [9.17, 15) is 4.79 Å². The minimum atomic E-state index is -0.401. The molecule has 2 rings (SSSR count). The van der Waals surface area contributed by atoms with E-state index in [1.807, 2.05) is 24.3 Å². The minimum absolute atomic E-state index is 0.129. The molecule has 0 saturated carbocycles. The first-order valence-corrected chi connectivity index (χ1v) is 4.34. The molecular weight excluding hydrogens is 180 g/mol. The van der Waals surface area contributed by atoms with Gasteiger partial charge in [-0.15, -0.1) is 0 Å². The highest BCUT2D eigenvalue weighted by molar-refractivity contribution is 6.04. The highest BCUT2D eigenvalue weighted by Crippen LogP contribution is 2.20. The maximum absolute atomic E-state index is 10.7. The highest BCUT2D eigenvalue weighted by atomic mass is 16.3. The molecule has 0 saturated heterocycles. The van der Waals surface area contributed by atoms with Crippen LogP contribution >= 0.6 is 0 Å². The van der Waals surface area contributed by atoms with Gasteiger partial charge in [-0.05, 0) is 5.56 Å². The maximum Gasteiger partial charge on any atom is 0.148 e. The number of nitrogens with one attached hydrogen (secondary N) is 1. The summed E-state index contributed by atoms with van der Waals surface area (Å²) in [4.78, 5) is 10.7. The Morgan fingerprint density at radius 1 is 1.50 bits per heavy atom. The van der Waals surface area contributed by atoms with Crippen molar-refractivity contribution in [1.82, 2.24) is 5.43 Å². The molecule has 1 aliphatic heterocycles. The molecule has 0 radical (unpaired) electrons. The quantitative estimate of drug-likeness (QED) is 0.656. The molecule has 0 aliphatic carbocycles. The second-order valence-corrected chi connectivity index (χ2v) is 3.05. The van der Waals surface area contributed by atoms with Crippen LogP contribution in [-0.2, 0) is 4.79 Å². The molecule has 1 aromatic carbocycles. The first kappa shape index (κ1) is 8.90. The van der Waals surface area contributed by atoms with Gasteiger partial charge in [0.1, 0.15) is 12.3 Å². The van der Waals surface area contributed by atoms with Gasteiger partial charge in [0.25, 0.3) is 0 Å². The Kier molecular flexibility index (Phi) is 2.28. The number of rotatable bonds is 2. The SMILES string of the molecule is O=CC1NN=C(CO)c2ccccc21. The van der Waals surface area contributed by atoms with Crippen molar-refractivity contribution in [2.45, 2.75) is 6.04 Å². The molecule has 0 amide bonds. The van der Waals surface area contributed by atoms with E-state index in [0.717, 1.165) is 17.4 Å². The fraction of sp³-hybridized carbons (Fsp3) is 0.200. The fourth-order valence-corrected chi connectivity index (χ4v) is 1.53. The second kappa shape index (κ2) is 3.59. The van der Waals surface area contributed by atoms with Crippen molar-refractivity contribution >= 4 is 12.0 Å². The van der Waals surface area contributed by atoms with Crippen LogP contribution in [0.1, 0.15) is 17.2 Å². The van der Waals surface area contributed by atoms with Crippen molar-refractivity contribution in [3.63, 3.8) is 0 Å². The number of carbonyl (C=O) groups excluding carboxylic acids is 1. The van der Waals surface area contributed by atoms with Crippen LogP contribution in [0.5, 0.6) is 0 Å². The van der Waals surface area contributed by atoms with Crippen LogP contribution in [0.15, 0.2) is 29.4 Å². The fourth-order valence-electron chi connectivity index (χ4n) is 1.53. The average molecular weight is 190 g/mol. The van der Waals surface area contributed by atoms with Crippen molar-refractivity contribution in [3.05, 3.63) is 35.4 Å². The van der Waals surface area contributed by atoms with Crippen LogP contribution in [0.4, 0.5) is 0 Å². The summed E-state index contributed by atoms with van der Waals surface area (Å²) in [5, 5.41) is 13.0. The average Bonchev–Trinajstić information content (AvgIpc) is 2.27. The zero-order chi connectivity index (χ0) is 9.97. The van der Waals surface area contributed by atoms with E-state index in [1.165, 1.54) is 0 Å². The van der Waals surface area contributed by atoms with Gasteiger partial charge in [-0.3, -0.25) is 5.43 Å². The normalized spacial score (nSPS) is 19.2. The first-order chi connectivity index (χ1) is 6.86. The molecule has 2 N–H and O–H groups in total. The molecule has 1 atom stereocenters. The van der Waals surface area contributed by atoms with Crippen LogP contribution in [0.25, 0.3) is 0 Å². The summed E-state index contributed by atoms with van der Waals surface area (Å²) in [6.07, 6.45) is 0.802. The van der Waals surface area contributed by atoms with Gasteiger partial charge in [0.2, 0.25) is 0 Å². The van der Waals surface area contributed by atoms with Gasteiger partial charge in [0, 0.05) is 5.56 Å². The Morgan fingerprint density at radius 2 is 2.29 bits per heavy atom. The van der Waals surface area contributed by atoms with Gasteiger partial charge in [0.15, 0.2) is 0 Å². The van der Waals surface area contributed by atoms with E-state index in [-0.39, 0.29) is 6.61 Å². The minimum Gasteiger partial charge on any atom is -0.390 e. The van der Waals surface area contributed by atoms with Crippen molar-refractivity contribution < 1.29 is 9.90 Å². The number of carbonyl (C=O) groups is 1. The van der Waals surface area contributed by atoms with Gasteiger partial charge in [-0.1, -0.05) is 24.3 Å². The molecular formula is C10H10N2O2. The monoisotopic (exact) mass is 190 g/mol. The number of aliphatic hydroxyl groups excluding tert-OH is 1. The van der Waals surface area contributed by atoms with Crippen molar-refractivity contribution in [2.24, 2.45) is 5.10 Å². The zero-order valence-electron chi connectivity index (χ0n) is 7.47. The van der Waals surface area contributed by atoms with E-state index in [2.05, 4.69) is 10.5 Å². The van der Waals surface area contributed by atoms with E-state index < -0.39 is 6.04 Å².